The zero-order valence-electron chi connectivity index (χ0n) is 65.2. The first kappa shape index (κ1) is 87.6. The molecule has 4 heterocycles. The minimum atomic E-state index is -5.20. The molecule has 2 unspecified atom stereocenters. The van der Waals surface area contributed by atoms with E-state index in [4.69, 9.17) is 4.74 Å². The number of nitrogens with one attached hydrogen (secondary N) is 3. The fraction of sp³-hybridized carbons (Fsp3) is 0.842. The number of amides is 12. The third kappa shape index (κ3) is 21.2. The maximum Gasteiger partial charge on any atom is 0.397 e. The van der Waals surface area contributed by atoms with Crippen molar-refractivity contribution in [3.63, 3.8) is 0 Å². The van der Waals surface area contributed by atoms with E-state index in [1.807, 2.05) is 13.8 Å². The molecule has 8 fully saturated rings. The van der Waals surface area contributed by atoms with Crippen LogP contribution in [0.4, 0.5) is 35.1 Å². The Bertz CT molecular complexity index is 3210. The minimum Gasteiger partial charge on any atom is -0.378 e. The number of fused-ring (bicyclic) bond motifs is 3. The second-order valence-electron chi connectivity index (χ2n) is 32.8. The number of morpholine rings is 1. The van der Waals surface area contributed by atoms with Gasteiger partial charge in [0.2, 0.25) is 70.9 Å². The van der Waals surface area contributed by atoms with E-state index in [1.54, 1.807) is 20.8 Å². The number of carbonyl (C=O) groups is 12. The first-order chi connectivity index (χ1) is 51.3. The summed E-state index contributed by atoms with van der Waals surface area (Å²) in [5.41, 5.74) is -1.67. The van der Waals surface area contributed by atoms with Crippen molar-refractivity contribution in [2.75, 3.05) is 94.3 Å². The smallest absolute Gasteiger partial charge is 0.378 e. The molecule has 4 aliphatic carbocycles. The highest BCUT2D eigenvalue weighted by atomic mass is 19.4. The van der Waals surface area contributed by atoms with E-state index in [1.165, 1.54) is 64.6 Å². The van der Waals surface area contributed by atoms with Crippen LogP contribution in [-0.4, -0.2) is 288 Å². The number of likely N-dealkylation sites (N-methyl/N-ethyl adjacent to an activating group) is 6. The number of nitrogens with zero attached hydrogens (tertiary/aromatic N) is 9. The molecule has 25 nitrogen and oxygen atoms in total. The lowest BCUT2D eigenvalue weighted by Gasteiger charge is -2.43. The maximum absolute atomic E-state index is 16.0. The molecule has 33 heteroatoms. The van der Waals surface area contributed by atoms with Crippen molar-refractivity contribution in [1.29, 1.82) is 0 Å². The molecule has 0 aromatic rings. The van der Waals surface area contributed by atoms with E-state index in [-0.39, 0.29) is 135 Å². The lowest BCUT2D eigenvalue weighted by Crippen LogP contribution is -2.65. The van der Waals surface area contributed by atoms with Gasteiger partial charge in [-0.1, -0.05) is 59.8 Å². The van der Waals surface area contributed by atoms with Gasteiger partial charge in [-0.3, -0.25) is 57.5 Å². The highest BCUT2D eigenvalue weighted by molar-refractivity contribution is 6.01. The average Bonchev–Trinajstić information content (AvgIpc) is 1.73. The van der Waals surface area contributed by atoms with E-state index >= 15 is 51.9 Å². The molecule has 0 radical (unpaired) electrons. The third-order valence-corrected chi connectivity index (χ3v) is 24.9. The van der Waals surface area contributed by atoms with Crippen LogP contribution < -0.4 is 16.0 Å². The van der Waals surface area contributed by atoms with Gasteiger partial charge in [-0.05, 0) is 159 Å². The summed E-state index contributed by atoms with van der Waals surface area (Å²) in [6.07, 6.45) is -13.7. The zero-order valence-corrected chi connectivity index (χ0v) is 65.2. The van der Waals surface area contributed by atoms with Crippen LogP contribution >= 0.6 is 0 Å². The van der Waals surface area contributed by atoms with Gasteiger partial charge in [-0.15, -0.1) is 0 Å². The summed E-state index contributed by atoms with van der Waals surface area (Å²) in [5, 5.41) is 8.54. The number of alkyl halides is 8. The Kier molecular flexibility index (Phi) is 30.6. The first-order valence-corrected chi connectivity index (χ1v) is 39.7. The van der Waals surface area contributed by atoms with Gasteiger partial charge < -0.3 is 64.8 Å². The van der Waals surface area contributed by atoms with Gasteiger partial charge in [0.05, 0.1) is 38.6 Å². The van der Waals surface area contributed by atoms with Crippen molar-refractivity contribution in [2.45, 2.75) is 274 Å². The van der Waals surface area contributed by atoms with Crippen LogP contribution in [0.15, 0.2) is 0 Å². The van der Waals surface area contributed by atoms with Crippen LogP contribution in [-0.2, 0) is 62.3 Å². The van der Waals surface area contributed by atoms with Crippen LogP contribution in [0.2, 0.25) is 0 Å². The summed E-state index contributed by atoms with van der Waals surface area (Å²) in [6.45, 7) is 7.62. The fourth-order valence-corrected chi connectivity index (χ4v) is 18.2. The zero-order chi connectivity index (χ0) is 80.3. The van der Waals surface area contributed by atoms with E-state index in [2.05, 4.69) is 16.0 Å². The average molecular weight is 1560 g/mol. The Labute approximate surface area is 635 Å². The highest BCUT2D eigenvalue weighted by Gasteiger charge is 2.56. The number of hydrogen-bond donors (Lipinski definition) is 3. The van der Waals surface area contributed by atoms with Crippen molar-refractivity contribution < 1.29 is 97.4 Å². The predicted molar refractivity (Wildman–Crippen MR) is 384 cm³/mol. The number of halogens is 8. The van der Waals surface area contributed by atoms with Crippen molar-refractivity contribution >= 4 is 70.9 Å². The fourth-order valence-electron chi connectivity index (χ4n) is 18.2. The topological polar surface area (TPSA) is 279 Å². The number of carbonyl (C=O) groups excluding carboxylic acids is 12. The van der Waals surface area contributed by atoms with Crippen molar-refractivity contribution in [2.24, 2.45) is 41.4 Å². The van der Waals surface area contributed by atoms with Crippen molar-refractivity contribution in [1.82, 2.24) is 60.0 Å². The molecule has 4 saturated carbocycles. The second-order valence-corrected chi connectivity index (χ2v) is 32.8. The Morgan fingerprint density at radius 1 is 0.578 bits per heavy atom. The van der Waals surface area contributed by atoms with Crippen molar-refractivity contribution in [3.8, 4) is 0 Å². The summed E-state index contributed by atoms with van der Waals surface area (Å²) >= 11 is 0. The minimum absolute atomic E-state index is 0.0175. The summed E-state index contributed by atoms with van der Waals surface area (Å²) in [6, 6.07) is -11.0. The summed E-state index contributed by atoms with van der Waals surface area (Å²) in [4.78, 5) is 194. The lowest BCUT2D eigenvalue weighted by atomic mass is 9.76. The molecule has 8 rings (SSSR count). The summed E-state index contributed by atoms with van der Waals surface area (Å²) in [5.74, 6) is -16.3. The van der Waals surface area contributed by atoms with E-state index in [0.717, 1.165) is 14.7 Å². The summed E-state index contributed by atoms with van der Waals surface area (Å²) in [7, 11) is 6.79. The van der Waals surface area contributed by atoms with E-state index < -0.39 is 224 Å². The van der Waals surface area contributed by atoms with Crippen LogP contribution in [0.25, 0.3) is 0 Å². The quantitative estimate of drug-likeness (QED) is 0.171. The van der Waals surface area contributed by atoms with Gasteiger partial charge in [-0.2, -0.15) is 26.3 Å². The molecule has 4 saturated heterocycles. The monoisotopic (exact) mass is 1560 g/mol. The molecule has 3 N–H and O–H groups in total. The number of hydrogen-bond acceptors (Lipinski definition) is 13. The Balaban J connectivity index is 1.20. The van der Waals surface area contributed by atoms with Crippen LogP contribution in [0, 0.1) is 41.4 Å². The third-order valence-electron chi connectivity index (χ3n) is 24.9. The van der Waals surface area contributed by atoms with Crippen LogP contribution in [0.3, 0.4) is 0 Å². The molecule has 109 heavy (non-hydrogen) atoms. The van der Waals surface area contributed by atoms with E-state index in [9.17, 15) is 40.7 Å². The molecule has 11 atom stereocenters. The normalized spacial score (nSPS) is 31.8. The van der Waals surface area contributed by atoms with Gasteiger partial charge >= 0.3 is 12.4 Å². The van der Waals surface area contributed by atoms with Gasteiger partial charge in [0.1, 0.15) is 72.1 Å². The van der Waals surface area contributed by atoms with Crippen LogP contribution in [0.5, 0.6) is 0 Å². The molecular formula is C76H118F8N12O13. The Morgan fingerprint density at radius 2 is 1.17 bits per heavy atom. The molecule has 4 aliphatic heterocycles. The first-order valence-electron chi connectivity index (χ1n) is 39.7. The Hall–Kier alpha value is -6.96. The molecule has 12 amide bonds. The second kappa shape index (κ2) is 38.0. The molecule has 0 aromatic heterocycles. The van der Waals surface area contributed by atoms with Gasteiger partial charge in [0.15, 0.2) is 0 Å². The summed E-state index contributed by atoms with van der Waals surface area (Å²) < 4.78 is 121. The van der Waals surface area contributed by atoms with E-state index in [0.29, 0.717) is 51.4 Å². The highest BCUT2D eigenvalue weighted by Crippen LogP contribution is 2.46. The SMILES string of the molecule is CC[C@H](C)[C@@H]1NC(=O)[C@H](CC(C)C)N(C)C(=O)C[C@@H](C(=O)N2CCOCC2)N(CC)C(=O)[C@H](C2CCCC2)N(C)C(=O)C2(CCCC2)NC(=O)[C@@H]2CCCN2C(=O)[C@H](CCC2CC(F)C(C(F)(F)F)C(F)C2)NC(=O)CN(C)C(=O)[C@H](CC2CCC(C(F)(F)F)CC2)N2CCCC[C@@H](C2=O)N(C)C(=O)CN(C)C1=O. The Morgan fingerprint density at radius 3 is 1.76 bits per heavy atom. The van der Waals surface area contributed by atoms with Gasteiger partial charge in [0, 0.05) is 68.0 Å². The largest absolute Gasteiger partial charge is 0.397 e. The number of rotatable bonds is 12. The van der Waals surface area contributed by atoms with Crippen LogP contribution in [0.1, 0.15) is 195 Å². The molecule has 1 spiro atoms. The van der Waals surface area contributed by atoms with Gasteiger partial charge in [0.25, 0.3) is 0 Å². The molecule has 8 aliphatic rings. The molecular weight excluding hydrogens is 1440 g/mol. The lowest BCUT2D eigenvalue weighted by molar-refractivity contribution is -0.219. The maximum atomic E-state index is 16.0. The molecule has 616 valence electrons. The molecule has 2 bridgehead atoms. The molecule has 0 aromatic carbocycles. The number of ether oxygens (including phenoxy) is 1. The van der Waals surface area contributed by atoms with Gasteiger partial charge in [-0.25, -0.2) is 8.78 Å². The standard InChI is InChI=1S/C76H118F8N12O13/c1-11-46(5)63-71(106)89(7)44-61(99)90(8)55-22-15-18-32-96(70(55)105)57(41-47-24-27-50(28-25-47)75(79,80)81)68(103)88(6)43-59(97)85-53(29-26-48-39-51(77)62(52(78)40-48)76(82,83)84)67(102)95-33-19-23-54(95)66(101)87-74(30-16-17-31-74)73(108)92(10)64(49-20-13-14-21-49)72(107)94(12-2)58(69(104)93-34-36-109-37-35-93)42-60(98)91(9)56(38-45(3)4)65(100)86-63/h45-58,62-64H,11-44H2,1-10H3,(H,85,97)(H,86,100)(H,87,101)/t46-,47?,48?,50?,51?,52?,53-,54-,55-,56-,57-,58-,62?,63-,64-/m0/s1. The predicted octanol–water partition coefficient (Wildman–Crippen LogP) is 6.72. The van der Waals surface area contributed by atoms with Crippen molar-refractivity contribution in [3.05, 3.63) is 0 Å².